The molecule has 0 bridgehead atoms. The average Bonchev–Trinajstić information content (AvgIpc) is 3.12. The van der Waals surface area contributed by atoms with Crippen LogP contribution in [0.3, 0.4) is 0 Å². The van der Waals surface area contributed by atoms with E-state index in [9.17, 15) is 9.59 Å². The lowest BCUT2D eigenvalue weighted by Crippen LogP contribution is -2.48. The van der Waals surface area contributed by atoms with Gasteiger partial charge in [-0.25, -0.2) is 0 Å². The quantitative estimate of drug-likeness (QED) is 0.676. The van der Waals surface area contributed by atoms with E-state index in [1.54, 1.807) is 0 Å². The molecule has 170 valence electrons. The number of primary amides is 1. The van der Waals surface area contributed by atoms with Crippen molar-refractivity contribution >= 4 is 34.2 Å². The third-order valence-electron chi connectivity index (χ3n) is 6.32. The van der Waals surface area contributed by atoms with Crippen LogP contribution < -0.4 is 11.1 Å². The van der Waals surface area contributed by atoms with E-state index in [1.165, 1.54) is 21.8 Å². The van der Waals surface area contributed by atoms with Crippen molar-refractivity contribution in [2.45, 2.75) is 26.2 Å². The smallest absolute Gasteiger partial charge is 0.251 e. The number of amides is 2. The number of benzene rings is 1. The number of thiophene rings is 1. The Labute approximate surface area is 194 Å². The number of rotatable bonds is 7. The van der Waals surface area contributed by atoms with Gasteiger partial charge in [-0.15, -0.1) is 11.3 Å². The van der Waals surface area contributed by atoms with Crippen molar-refractivity contribution in [3.05, 3.63) is 58.0 Å². The van der Waals surface area contributed by atoms with Gasteiger partial charge in [-0.05, 0) is 36.3 Å². The molecule has 1 aliphatic carbocycles. The van der Waals surface area contributed by atoms with Gasteiger partial charge in [0.2, 0.25) is 5.91 Å². The minimum Gasteiger partial charge on any atom is -0.365 e. The first kappa shape index (κ1) is 22.7. The van der Waals surface area contributed by atoms with Crippen molar-refractivity contribution in [2.75, 3.05) is 44.6 Å². The van der Waals surface area contributed by atoms with Crippen LogP contribution >= 0.6 is 11.3 Å². The van der Waals surface area contributed by atoms with Crippen molar-refractivity contribution in [1.82, 2.24) is 9.80 Å². The van der Waals surface area contributed by atoms with Crippen LogP contribution in [0.5, 0.6) is 0 Å². The van der Waals surface area contributed by atoms with Crippen molar-refractivity contribution in [1.29, 1.82) is 0 Å². The lowest BCUT2D eigenvalue weighted by atomic mass is 9.88. The maximum atomic E-state index is 12.7. The molecule has 4 rings (SSSR count). The second-order valence-corrected chi connectivity index (χ2v) is 9.96. The van der Waals surface area contributed by atoms with Gasteiger partial charge >= 0.3 is 0 Å². The van der Waals surface area contributed by atoms with Crippen LogP contribution in [0.2, 0.25) is 0 Å². The molecular weight excluding hydrogens is 420 g/mol. The first-order valence-corrected chi connectivity index (χ1v) is 12.2. The van der Waals surface area contributed by atoms with Crippen LogP contribution in [0.25, 0.3) is 6.08 Å². The van der Waals surface area contributed by atoms with E-state index in [-0.39, 0.29) is 5.91 Å². The van der Waals surface area contributed by atoms with Crippen molar-refractivity contribution < 1.29 is 9.59 Å². The van der Waals surface area contributed by atoms with Gasteiger partial charge in [0, 0.05) is 37.6 Å². The standard InChI is InChI=1S/C25H32N4O2S/c1-18-9-10-20-21(16-18)32-25(23(20)24(26)31)27-22(30)17-29-14-12-28(13-15-29)11-5-8-19-6-3-2-4-7-19/h2-8,18H,9-17H2,1H3,(H2,26,31)(H,27,30)/b8-5+. The van der Waals surface area contributed by atoms with Gasteiger partial charge in [0.15, 0.2) is 0 Å². The highest BCUT2D eigenvalue weighted by Crippen LogP contribution is 2.39. The number of hydrogen-bond donors (Lipinski definition) is 2. The average molecular weight is 453 g/mol. The van der Waals surface area contributed by atoms with Crippen LogP contribution in [0.4, 0.5) is 5.00 Å². The summed E-state index contributed by atoms with van der Waals surface area (Å²) in [5.74, 6) is 0.0883. The molecule has 0 spiro atoms. The number of anilines is 1. The summed E-state index contributed by atoms with van der Waals surface area (Å²) < 4.78 is 0. The molecule has 2 amide bonds. The molecule has 1 aliphatic heterocycles. The van der Waals surface area contributed by atoms with E-state index in [0.29, 0.717) is 23.0 Å². The van der Waals surface area contributed by atoms with E-state index >= 15 is 0 Å². The highest BCUT2D eigenvalue weighted by Gasteiger charge is 2.27. The molecule has 7 heteroatoms. The lowest BCUT2D eigenvalue weighted by molar-refractivity contribution is -0.117. The number of carbonyl (C=O) groups excluding carboxylic acids is 2. The maximum Gasteiger partial charge on any atom is 0.251 e. The SMILES string of the molecule is CC1CCc2c(sc(NC(=O)CN3CCN(C/C=C/c4ccccc4)CC3)c2C(N)=O)C1. The lowest BCUT2D eigenvalue weighted by Gasteiger charge is -2.33. The Bertz CT molecular complexity index is 977. The summed E-state index contributed by atoms with van der Waals surface area (Å²) in [5, 5.41) is 3.62. The number of fused-ring (bicyclic) bond motifs is 1. The summed E-state index contributed by atoms with van der Waals surface area (Å²) in [6.07, 6.45) is 7.22. The fourth-order valence-electron chi connectivity index (χ4n) is 4.50. The maximum absolute atomic E-state index is 12.7. The zero-order chi connectivity index (χ0) is 22.5. The molecule has 3 N–H and O–H groups in total. The molecule has 1 aromatic carbocycles. The molecule has 2 aromatic rings. The first-order chi connectivity index (χ1) is 15.5. The number of nitrogens with two attached hydrogens (primary N) is 1. The van der Waals surface area contributed by atoms with Gasteiger partial charge in [-0.3, -0.25) is 19.4 Å². The largest absolute Gasteiger partial charge is 0.365 e. The fourth-order valence-corrected chi connectivity index (χ4v) is 5.93. The van der Waals surface area contributed by atoms with Gasteiger partial charge in [0.1, 0.15) is 5.00 Å². The van der Waals surface area contributed by atoms with E-state index in [0.717, 1.165) is 57.5 Å². The summed E-state index contributed by atoms with van der Waals surface area (Å²) in [4.78, 5) is 30.6. The Morgan fingerprint density at radius 2 is 1.88 bits per heavy atom. The first-order valence-electron chi connectivity index (χ1n) is 11.4. The number of nitrogens with one attached hydrogen (secondary N) is 1. The zero-order valence-corrected chi connectivity index (χ0v) is 19.5. The highest BCUT2D eigenvalue weighted by atomic mass is 32.1. The van der Waals surface area contributed by atoms with Gasteiger partial charge < -0.3 is 11.1 Å². The van der Waals surface area contributed by atoms with Gasteiger partial charge in [0.05, 0.1) is 12.1 Å². The van der Waals surface area contributed by atoms with Crippen LogP contribution in [-0.4, -0.2) is 60.9 Å². The Hall–Kier alpha value is -2.48. The number of nitrogens with zero attached hydrogens (tertiary/aromatic N) is 2. The summed E-state index contributed by atoms with van der Waals surface area (Å²) in [6, 6.07) is 10.3. The summed E-state index contributed by atoms with van der Waals surface area (Å²) >= 11 is 1.52. The fraction of sp³-hybridized carbons (Fsp3) is 0.440. The molecule has 0 saturated carbocycles. The molecule has 1 saturated heterocycles. The van der Waals surface area contributed by atoms with Crippen molar-refractivity contribution in [3.8, 4) is 0 Å². The number of hydrogen-bond acceptors (Lipinski definition) is 5. The third-order valence-corrected chi connectivity index (χ3v) is 7.49. The molecule has 2 heterocycles. The monoisotopic (exact) mass is 452 g/mol. The van der Waals surface area contributed by atoms with Gasteiger partial charge in [0.25, 0.3) is 5.91 Å². The van der Waals surface area contributed by atoms with E-state index in [2.05, 4.69) is 46.3 Å². The molecule has 1 atom stereocenters. The minimum absolute atomic E-state index is 0.0726. The van der Waals surface area contributed by atoms with E-state index < -0.39 is 5.91 Å². The Morgan fingerprint density at radius 3 is 2.59 bits per heavy atom. The Balaban J connectivity index is 1.27. The predicted octanol–water partition coefficient (Wildman–Crippen LogP) is 3.24. The number of carbonyl (C=O) groups is 2. The zero-order valence-electron chi connectivity index (χ0n) is 18.7. The topological polar surface area (TPSA) is 78.7 Å². The molecule has 6 nitrogen and oxygen atoms in total. The summed E-state index contributed by atoms with van der Waals surface area (Å²) in [6.45, 7) is 7.05. The normalized spacial score (nSPS) is 19.7. The van der Waals surface area contributed by atoms with Crippen LogP contribution in [0.1, 0.15) is 39.7 Å². The molecule has 1 fully saturated rings. The highest BCUT2D eigenvalue weighted by molar-refractivity contribution is 7.17. The van der Waals surface area contributed by atoms with Crippen LogP contribution in [0.15, 0.2) is 36.4 Å². The van der Waals surface area contributed by atoms with Crippen molar-refractivity contribution in [3.63, 3.8) is 0 Å². The molecule has 1 unspecified atom stereocenters. The number of piperazine rings is 1. The molecule has 2 aliphatic rings. The van der Waals surface area contributed by atoms with E-state index in [1.807, 2.05) is 18.2 Å². The summed E-state index contributed by atoms with van der Waals surface area (Å²) in [5.41, 5.74) is 8.45. The summed E-state index contributed by atoms with van der Waals surface area (Å²) in [7, 11) is 0. The van der Waals surface area contributed by atoms with Crippen molar-refractivity contribution in [2.24, 2.45) is 11.7 Å². The van der Waals surface area contributed by atoms with Gasteiger partial charge in [-0.1, -0.05) is 49.4 Å². The Morgan fingerprint density at radius 1 is 1.16 bits per heavy atom. The van der Waals surface area contributed by atoms with Gasteiger partial charge in [-0.2, -0.15) is 0 Å². The third kappa shape index (κ3) is 5.65. The van der Waals surface area contributed by atoms with Crippen LogP contribution in [-0.2, 0) is 17.6 Å². The second-order valence-electron chi connectivity index (χ2n) is 8.86. The Kier molecular flexibility index (Phi) is 7.40. The minimum atomic E-state index is -0.440. The second kappa shape index (κ2) is 10.4. The molecule has 32 heavy (non-hydrogen) atoms. The molecular formula is C25H32N4O2S. The predicted molar refractivity (Wildman–Crippen MR) is 131 cm³/mol. The van der Waals surface area contributed by atoms with Crippen LogP contribution in [0, 0.1) is 5.92 Å². The molecule has 0 radical (unpaired) electrons. The van der Waals surface area contributed by atoms with E-state index in [4.69, 9.17) is 5.73 Å². The molecule has 1 aromatic heterocycles.